The van der Waals surface area contributed by atoms with Gasteiger partial charge in [-0.05, 0) is 23.7 Å². The Morgan fingerprint density at radius 1 is 1.61 bits per heavy atom. The van der Waals surface area contributed by atoms with Crippen LogP contribution in [-0.4, -0.2) is 21.9 Å². The van der Waals surface area contributed by atoms with E-state index < -0.39 is 4.92 Å². The first-order valence-electron chi connectivity index (χ1n) is 4.98. The fraction of sp³-hybridized carbons (Fsp3) is 0.200. The first kappa shape index (κ1) is 12.3. The smallest absolute Gasteiger partial charge is 0.329 e. The summed E-state index contributed by atoms with van der Waals surface area (Å²) in [7, 11) is 1.66. The van der Waals surface area contributed by atoms with Gasteiger partial charge in [0.15, 0.2) is 0 Å². The molecule has 2 heterocycles. The predicted molar refractivity (Wildman–Crippen MR) is 64.5 cm³/mol. The minimum atomic E-state index is -0.551. The van der Waals surface area contributed by atoms with E-state index in [-0.39, 0.29) is 16.8 Å². The number of hydrogen-bond acceptors (Lipinski definition) is 6. The minimum Gasteiger partial charge on any atom is -0.467 e. The topological polar surface area (TPSA) is 85.3 Å². The van der Waals surface area contributed by atoms with Gasteiger partial charge in [-0.3, -0.25) is 10.1 Å². The zero-order valence-electron chi connectivity index (χ0n) is 9.41. The molecule has 0 amide bonds. The van der Waals surface area contributed by atoms with Crippen LogP contribution in [0.4, 0.5) is 11.5 Å². The molecule has 0 bridgehead atoms. The van der Waals surface area contributed by atoms with Crippen molar-refractivity contribution >= 4 is 23.1 Å². The van der Waals surface area contributed by atoms with Crippen molar-refractivity contribution in [3.05, 3.63) is 45.8 Å². The highest BCUT2D eigenvalue weighted by molar-refractivity contribution is 6.28. The van der Waals surface area contributed by atoms with Crippen molar-refractivity contribution in [2.75, 3.05) is 11.9 Å². The lowest BCUT2D eigenvalue weighted by Gasteiger charge is -2.16. The molecular formula is C10H9ClN4O3. The van der Waals surface area contributed by atoms with Crippen molar-refractivity contribution in [1.29, 1.82) is 0 Å². The van der Waals surface area contributed by atoms with Gasteiger partial charge in [-0.25, -0.2) is 4.98 Å². The second-order valence-electron chi connectivity index (χ2n) is 3.54. The van der Waals surface area contributed by atoms with Gasteiger partial charge in [0, 0.05) is 7.05 Å². The van der Waals surface area contributed by atoms with Crippen LogP contribution in [-0.2, 0) is 6.54 Å². The summed E-state index contributed by atoms with van der Waals surface area (Å²) in [6.07, 6.45) is 2.62. The van der Waals surface area contributed by atoms with Crippen LogP contribution >= 0.6 is 11.6 Å². The van der Waals surface area contributed by atoms with Crippen molar-refractivity contribution < 1.29 is 9.34 Å². The summed E-state index contributed by atoms with van der Waals surface area (Å²) in [5.74, 6) is 0.818. The van der Waals surface area contributed by atoms with E-state index in [1.807, 2.05) is 0 Å². The summed E-state index contributed by atoms with van der Waals surface area (Å²) in [6, 6.07) is 3.51. The Bertz CT molecular complexity index is 558. The molecule has 0 saturated heterocycles. The number of aromatic nitrogens is 2. The third kappa shape index (κ3) is 2.57. The van der Waals surface area contributed by atoms with Gasteiger partial charge in [-0.15, -0.1) is 0 Å². The van der Waals surface area contributed by atoms with Gasteiger partial charge in [0.1, 0.15) is 12.0 Å². The average Bonchev–Trinajstić information content (AvgIpc) is 2.81. The van der Waals surface area contributed by atoms with Crippen molar-refractivity contribution in [1.82, 2.24) is 9.97 Å². The maximum absolute atomic E-state index is 10.9. The van der Waals surface area contributed by atoms with Crippen LogP contribution in [0.5, 0.6) is 0 Å². The van der Waals surface area contributed by atoms with Crippen LogP contribution in [0, 0.1) is 10.1 Å². The van der Waals surface area contributed by atoms with Gasteiger partial charge in [-0.1, -0.05) is 0 Å². The molecule has 0 N–H and O–H groups in total. The predicted octanol–water partition coefficient (Wildman–Crippen LogP) is 2.27. The molecule has 0 radical (unpaired) electrons. The largest absolute Gasteiger partial charge is 0.467 e. The SMILES string of the molecule is CN(Cc1ccco1)c1nc(Cl)ncc1[N+](=O)[O-]. The Hall–Kier alpha value is -2.15. The van der Waals surface area contributed by atoms with E-state index in [0.717, 1.165) is 6.20 Å². The van der Waals surface area contributed by atoms with Gasteiger partial charge in [0.2, 0.25) is 11.1 Å². The first-order valence-corrected chi connectivity index (χ1v) is 5.36. The number of nitro groups is 1. The highest BCUT2D eigenvalue weighted by atomic mass is 35.5. The monoisotopic (exact) mass is 268 g/mol. The van der Waals surface area contributed by atoms with E-state index in [9.17, 15) is 10.1 Å². The van der Waals surface area contributed by atoms with Gasteiger partial charge < -0.3 is 9.32 Å². The molecule has 0 unspecified atom stereocenters. The third-order valence-corrected chi connectivity index (χ3v) is 2.43. The Morgan fingerprint density at radius 3 is 3.00 bits per heavy atom. The Labute approximate surface area is 107 Å². The number of halogens is 1. The summed E-state index contributed by atoms with van der Waals surface area (Å²) < 4.78 is 5.17. The molecule has 0 fully saturated rings. The molecule has 2 rings (SSSR count). The van der Waals surface area contributed by atoms with Gasteiger partial charge in [0.25, 0.3) is 0 Å². The zero-order valence-corrected chi connectivity index (χ0v) is 10.2. The summed E-state index contributed by atoms with van der Waals surface area (Å²) in [6.45, 7) is 0.348. The quantitative estimate of drug-likeness (QED) is 0.480. The summed E-state index contributed by atoms with van der Waals surface area (Å²) in [5, 5.41) is 10.8. The minimum absolute atomic E-state index is 0.0399. The molecule has 18 heavy (non-hydrogen) atoms. The maximum Gasteiger partial charge on any atom is 0.329 e. The second-order valence-corrected chi connectivity index (χ2v) is 3.88. The molecule has 0 aliphatic heterocycles. The third-order valence-electron chi connectivity index (χ3n) is 2.25. The molecule has 0 aliphatic carbocycles. The number of hydrogen-bond donors (Lipinski definition) is 0. The zero-order chi connectivity index (χ0) is 13.1. The molecule has 2 aromatic rings. The molecule has 0 aliphatic rings. The van der Waals surface area contributed by atoms with Crippen LogP contribution in [0.1, 0.15) is 5.76 Å². The van der Waals surface area contributed by atoms with Crippen LogP contribution in [0.3, 0.4) is 0 Å². The molecule has 0 saturated carbocycles. The summed E-state index contributed by atoms with van der Waals surface area (Å²) in [4.78, 5) is 19.4. The first-order chi connectivity index (χ1) is 8.58. The fourth-order valence-electron chi connectivity index (χ4n) is 1.47. The van der Waals surface area contributed by atoms with Crippen LogP contribution in [0.25, 0.3) is 0 Å². The highest BCUT2D eigenvalue weighted by Gasteiger charge is 2.20. The molecule has 0 atom stereocenters. The molecule has 94 valence electrons. The van der Waals surface area contributed by atoms with E-state index in [0.29, 0.717) is 12.3 Å². The van der Waals surface area contributed by atoms with Crippen molar-refractivity contribution in [3.8, 4) is 0 Å². The lowest BCUT2D eigenvalue weighted by atomic mass is 10.4. The van der Waals surface area contributed by atoms with Gasteiger partial charge in [-0.2, -0.15) is 4.98 Å². The Balaban J connectivity index is 2.31. The summed E-state index contributed by atoms with van der Waals surface area (Å²) in [5.41, 5.74) is -0.201. The molecule has 7 nitrogen and oxygen atoms in total. The Morgan fingerprint density at radius 2 is 2.39 bits per heavy atom. The molecule has 0 spiro atoms. The van der Waals surface area contributed by atoms with Crippen molar-refractivity contribution in [3.63, 3.8) is 0 Å². The highest BCUT2D eigenvalue weighted by Crippen LogP contribution is 2.26. The van der Waals surface area contributed by atoms with Crippen molar-refractivity contribution in [2.24, 2.45) is 0 Å². The molecule has 2 aromatic heterocycles. The second kappa shape index (κ2) is 5.01. The fourth-order valence-corrected chi connectivity index (χ4v) is 1.60. The van der Waals surface area contributed by atoms with Gasteiger partial charge in [0.05, 0.1) is 17.7 Å². The van der Waals surface area contributed by atoms with E-state index in [1.54, 1.807) is 24.1 Å². The lowest BCUT2D eigenvalue weighted by Crippen LogP contribution is -2.19. The average molecular weight is 269 g/mol. The van der Waals surface area contributed by atoms with Crippen molar-refractivity contribution in [2.45, 2.75) is 6.54 Å². The normalized spacial score (nSPS) is 10.3. The van der Waals surface area contributed by atoms with E-state index in [4.69, 9.17) is 16.0 Å². The van der Waals surface area contributed by atoms with Crippen LogP contribution in [0.2, 0.25) is 5.28 Å². The number of nitrogens with zero attached hydrogens (tertiary/aromatic N) is 4. The number of anilines is 1. The number of furan rings is 1. The van der Waals surface area contributed by atoms with Gasteiger partial charge >= 0.3 is 5.69 Å². The number of rotatable bonds is 4. The molecule has 8 heteroatoms. The van der Waals surface area contributed by atoms with Crippen LogP contribution < -0.4 is 4.90 Å². The molecule has 0 aromatic carbocycles. The van der Waals surface area contributed by atoms with E-state index in [2.05, 4.69) is 9.97 Å². The standard InChI is InChI=1S/C10H9ClN4O3/c1-14(6-7-3-2-4-18-7)9-8(15(16)17)5-12-10(11)13-9/h2-5H,6H2,1H3. The van der Waals surface area contributed by atoms with E-state index in [1.165, 1.54) is 6.26 Å². The van der Waals surface area contributed by atoms with Crippen LogP contribution in [0.15, 0.2) is 29.0 Å². The Kier molecular flexibility index (Phi) is 3.42. The molecular weight excluding hydrogens is 260 g/mol. The lowest BCUT2D eigenvalue weighted by molar-refractivity contribution is -0.384. The van der Waals surface area contributed by atoms with E-state index >= 15 is 0 Å². The summed E-state index contributed by atoms with van der Waals surface area (Å²) >= 11 is 5.65. The maximum atomic E-state index is 10.9.